The smallest absolute Gasteiger partial charge is 0.212 e. The van der Waals surface area contributed by atoms with E-state index in [0.717, 1.165) is 0 Å². The summed E-state index contributed by atoms with van der Waals surface area (Å²) in [6, 6.07) is 0. The van der Waals surface area contributed by atoms with Gasteiger partial charge in [0, 0.05) is 13.0 Å². The minimum absolute atomic E-state index is 0.494. The van der Waals surface area contributed by atoms with Crippen molar-refractivity contribution in [3.05, 3.63) is 0 Å². The van der Waals surface area contributed by atoms with E-state index in [1.807, 2.05) is 13.8 Å². The van der Waals surface area contributed by atoms with Crippen LogP contribution in [0.4, 0.5) is 0 Å². The Morgan fingerprint density at radius 2 is 2.12 bits per heavy atom. The molecule has 0 aromatic rings. The van der Waals surface area contributed by atoms with E-state index in [2.05, 4.69) is 12.6 Å². The van der Waals surface area contributed by atoms with Gasteiger partial charge in [0.15, 0.2) is 0 Å². The molecule has 0 heterocycles. The maximum Gasteiger partial charge on any atom is 0.212 e. The molecule has 3 heteroatoms. The first-order valence-electron chi connectivity index (χ1n) is 2.71. The highest BCUT2D eigenvalue weighted by atomic mass is 32.1. The average Bonchev–Trinajstić information content (AvgIpc) is 1.67. The molecular weight excluding hydrogens is 124 g/mol. The largest absolute Gasteiger partial charge is 0.357 e. The predicted molar refractivity (Wildman–Crippen MR) is 35.9 cm³/mol. The molecule has 0 aromatic carbocycles. The molecule has 0 saturated heterocycles. The van der Waals surface area contributed by atoms with Gasteiger partial charge in [-0.25, -0.2) is 0 Å². The molecule has 0 aliphatic heterocycles. The van der Waals surface area contributed by atoms with Crippen LogP contribution in [0.5, 0.6) is 0 Å². The van der Waals surface area contributed by atoms with Crippen LogP contribution in [0.2, 0.25) is 0 Å². The third-order valence-corrected chi connectivity index (χ3v) is 1.28. The fraction of sp³-hybridized carbons (Fsp3) is 1.00. The molecule has 1 atom stereocenters. The van der Waals surface area contributed by atoms with Crippen LogP contribution in [-0.4, -0.2) is 16.8 Å². The molecule has 50 valence electrons. The molecule has 0 saturated carbocycles. The van der Waals surface area contributed by atoms with Gasteiger partial charge in [0.1, 0.15) is 0 Å². The first-order valence-corrected chi connectivity index (χ1v) is 3.15. The minimum Gasteiger partial charge on any atom is -0.357 e. The van der Waals surface area contributed by atoms with Crippen LogP contribution in [0.25, 0.3) is 0 Å². The van der Waals surface area contributed by atoms with Crippen LogP contribution in [0, 0.1) is 0 Å². The molecule has 8 heavy (non-hydrogen) atoms. The molecule has 0 aliphatic rings. The van der Waals surface area contributed by atoms with E-state index in [-0.39, 0.29) is 0 Å². The van der Waals surface area contributed by atoms with Crippen LogP contribution < -0.4 is 0 Å². The number of thiol groups is 1. The molecule has 2 nitrogen and oxygen atoms in total. The van der Waals surface area contributed by atoms with Gasteiger partial charge in [-0.3, -0.25) is 0 Å². The van der Waals surface area contributed by atoms with E-state index in [4.69, 9.17) is 9.84 Å². The topological polar surface area (TPSA) is 29.5 Å². The van der Waals surface area contributed by atoms with E-state index in [9.17, 15) is 0 Å². The lowest BCUT2D eigenvalue weighted by Crippen LogP contribution is -2.23. The summed E-state index contributed by atoms with van der Waals surface area (Å²) >= 11 is 3.80. The standard InChI is InChI=1S/C5H12O2S/c1-3-5(6,8)7-4-2/h6,8H,3-4H2,1-2H3/t5-/m0/s1. The summed E-state index contributed by atoms with van der Waals surface area (Å²) < 4.78 is 4.80. The monoisotopic (exact) mass is 136 g/mol. The van der Waals surface area contributed by atoms with Crippen molar-refractivity contribution in [1.82, 2.24) is 0 Å². The zero-order valence-corrected chi connectivity index (χ0v) is 6.11. The second-order valence-corrected chi connectivity index (χ2v) is 2.23. The van der Waals surface area contributed by atoms with Gasteiger partial charge in [0.05, 0.1) is 0 Å². The molecule has 0 unspecified atom stereocenters. The SMILES string of the molecule is CCO[C@](O)(S)CC. The van der Waals surface area contributed by atoms with Gasteiger partial charge in [-0.05, 0) is 6.92 Å². The molecule has 0 spiro atoms. The Labute approximate surface area is 55.3 Å². The fourth-order valence-electron chi connectivity index (χ4n) is 0.333. The zero-order valence-electron chi connectivity index (χ0n) is 5.22. The predicted octanol–water partition coefficient (Wildman–Crippen LogP) is 1.01. The third kappa shape index (κ3) is 3.29. The summed E-state index contributed by atoms with van der Waals surface area (Å²) in [6.45, 7) is 4.12. The molecule has 0 amide bonds. The second-order valence-electron chi connectivity index (χ2n) is 1.53. The molecule has 1 N–H and O–H groups in total. The Bertz CT molecular complexity index is 63.4. The second kappa shape index (κ2) is 3.33. The summed E-state index contributed by atoms with van der Waals surface area (Å²) in [7, 11) is 0. The van der Waals surface area contributed by atoms with Crippen molar-refractivity contribution in [3.8, 4) is 0 Å². The van der Waals surface area contributed by atoms with E-state index in [1.165, 1.54) is 0 Å². The van der Waals surface area contributed by atoms with Crippen molar-refractivity contribution in [2.45, 2.75) is 25.4 Å². The Hall–Kier alpha value is 0.270. The lowest BCUT2D eigenvalue weighted by molar-refractivity contribution is -0.126. The van der Waals surface area contributed by atoms with Crippen molar-refractivity contribution in [3.63, 3.8) is 0 Å². The van der Waals surface area contributed by atoms with Crippen molar-refractivity contribution in [1.29, 1.82) is 0 Å². The lowest BCUT2D eigenvalue weighted by atomic mass is 10.5. The third-order valence-electron chi connectivity index (χ3n) is 0.836. The van der Waals surface area contributed by atoms with Gasteiger partial charge < -0.3 is 9.84 Å². The Morgan fingerprint density at radius 1 is 1.62 bits per heavy atom. The summed E-state index contributed by atoms with van der Waals surface area (Å²) in [4.78, 5) is 0. The highest BCUT2D eigenvalue weighted by Crippen LogP contribution is 2.15. The molecule has 0 fully saturated rings. The van der Waals surface area contributed by atoms with E-state index in [1.54, 1.807) is 0 Å². The average molecular weight is 136 g/mol. The van der Waals surface area contributed by atoms with Gasteiger partial charge in [0.2, 0.25) is 5.12 Å². The van der Waals surface area contributed by atoms with Gasteiger partial charge >= 0.3 is 0 Å². The number of aliphatic hydroxyl groups is 1. The Balaban J connectivity index is 3.37. The number of ether oxygens (including phenoxy) is 1. The van der Waals surface area contributed by atoms with Crippen LogP contribution in [0.3, 0.4) is 0 Å². The van der Waals surface area contributed by atoms with Crippen LogP contribution in [-0.2, 0) is 4.74 Å². The number of rotatable bonds is 3. The summed E-state index contributed by atoms with van der Waals surface area (Å²) in [5, 5.41) is 7.75. The Kier molecular flexibility index (Phi) is 3.44. The summed E-state index contributed by atoms with van der Waals surface area (Å²) in [5.74, 6) is 0. The first-order chi connectivity index (χ1) is 3.62. The van der Waals surface area contributed by atoms with Gasteiger partial charge in [-0.2, -0.15) is 0 Å². The van der Waals surface area contributed by atoms with E-state index in [0.29, 0.717) is 13.0 Å². The minimum atomic E-state index is -1.21. The highest BCUT2D eigenvalue weighted by Gasteiger charge is 2.16. The fourth-order valence-corrected chi connectivity index (χ4v) is 0.462. The molecule has 0 rings (SSSR count). The Morgan fingerprint density at radius 3 is 2.25 bits per heavy atom. The van der Waals surface area contributed by atoms with Crippen molar-refractivity contribution < 1.29 is 9.84 Å². The van der Waals surface area contributed by atoms with Crippen molar-refractivity contribution in [2.24, 2.45) is 0 Å². The summed E-state index contributed by atoms with van der Waals surface area (Å²) in [5.41, 5.74) is 0. The van der Waals surface area contributed by atoms with Crippen LogP contribution in [0.15, 0.2) is 0 Å². The van der Waals surface area contributed by atoms with Crippen LogP contribution >= 0.6 is 12.6 Å². The molecular formula is C5H12O2S. The maximum atomic E-state index is 8.97. The van der Waals surface area contributed by atoms with Gasteiger partial charge in [-0.15, -0.1) is 12.6 Å². The lowest BCUT2D eigenvalue weighted by Gasteiger charge is -2.18. The first kappa shape index (κ1) is 8.27. The van der Waals surface area contributed by atoms with Crippen molar-refractivity contribution in [2.75, 3.05) is 6.61 Å². The van der Waals surface area contributed by atoms with E-state index < -0.39 is 5.12 Å². The van der Waals surface area contributed by atoms with Gasteiger partial charge in [-0.1, -0.05) is 6.92 Å². The molecule has 0 aliphatic carbocycles. The highest BCUT2D eigenvalue weighted by molar-refractivity contribution is 7.81. The molecule has 0 bridgehead atoms. The zero-order chi connectivity index (χ0) is 6.62. The maximum absolute atomic E-state index is 8.97. The van der Waals surface area contributed by atoms with Crippen molar-refractivity contribution >= 4 is 12.6 Å². The number of hydrogen-bond acceptors (Lipinski definition) is 3. The normalized spacial score (nSPS) is 18.0. The van der Waals surface area contributed by atoms with Crippen LogP contribution in [0.1, 0.15) is 20.3 Å². The van der Waals surface area contributed by atoms with Gasteiger partial charge in [0.25, 0.3) is 0 Å². The number of hydrogen-bond donors (Lipinski definition) is 2. The quantitative estimate of drug-likeness (QED) is 0.448. The summed E-state index contributed by atoms with van der Waals surface area (Å²) in [6.07, 6.45) is 0.504. The van der Waals surface area contributed by atoms with E-state index >= 15 is 0 Å². The molecule has 0 radical (unpaired) electrons. The molecule has 0 aromatic heterocycles.